The summed E-state index contributed by atoms with van der Waals surface area (Å²) in [6.45, 7) is 4.66. The van der Waals surface area contributed by atoms with Gasteiger partial charge in [0.25, 0.3) is 0 Å². The van der Waals surface area contributed by atoms with Gasteiger partial charge in [0.15, 0.2) is 0 Å². The quantitative estimate of drug-likeness (QED) is 0.767. The van der Waals surface area contributed by atoms with Crippen molar-refractivity contribution < 1.29 is 4.74 Å². The Labute approximate surface area is 103 Å². The highest BCUT2D eigenvalue weighted by atomic mass is 16.5. The highest BCUT2D eigenvalue weighted by Crippen LogP contribution is 2.22. The predicted molar refractivity (Wildman–Crippen MR) is 68.7 cm³/mol. The van der Waals surface area contributed by atoms with E-state index in [-0.39, 0.29) is 6.04 Å². The first-order chi connectivity index (χ1) is 8.15. The molecule has 0 saturated carbocycles. The minimum atomic E-state index is 0.0541. The summed E-state index contributed by atoms with van der Waals surface area (Å²) in [7, 11) is 0. The van der Waals surface area contributed by atoms with Gasteiger partial charge in [-0.3, -0.25) is 0 Å². The van der Waals surface area contributed by atoms with Crippen LogP contribution in [0, 0.1) is 18.3 Å². The van der Waals surface area contributed by atoms with Crippen molar-refractivity contribution in [1.82, 2.24) is 0 Å². The molecule has 0 aliphatic heterocycles. The molecule has 1 aromatic rings. The van der Waals surface area contributed by atoms with E-state index in [1.165, 1.54) is 0 Å². The largest absolute Gasteiger partial charge is 0.493 e. The second-order valence-corrected chi connectivity index (χ2v) is 4.28. The number of nitrogens with two attached hydrogens (primary N) is 1. The number of nitriles is 1. The van der Waals surface area contributed by atoms with Crippen LogP contribution < -0.4 is 10.5 Å². The van der Waals surface area contributed by atoms with Crippen LogP contribution in [0.1, 0.15) is 43.4 Å². The van der Waals surface area contributed by atoms with Crippen molar-refractivity contribution >= 4 is 0 Å². The lowest BCUT2D eigenvalue weighted by Gasteiger charge is -2.12. The zero-order chi connectivity index (χ0) is 12.7. The van der Waals surface area contributed by atoms with Gasteiger partial charge in [-0.15, -0.1) is 0 Å². The summed E-state index contributed by atoms with van der Waals surface area (Å²) in [5, 5.41) is 8.41. The van der Waals surface area contributed by atoms with Crippen LogP contribution >= 0.6 is 0 Å². The second kappa shape index (κ2) is 6.93. The summed E-state index contributed by atoms with van der Waals surface area (Å²) in [5.74, 6) is 0.909. The van der Waals surface area contributed by atoms with Crippen molar-refractivity contribution in [1.29, 1.82) is 5.26 Å². The van der Waals surface area contributed by atoms with E-state index in [4.69, 9.17) is 15.7 Å². The van der Waals surface area contributed by atoms with E-state index < -0.39 is 0 Å². The van der Waals surface area contributed by atoms with E-state index >= 15 is 0 Å². The van der Waals surface area contributed by atoms with Gasteiger partial charge in [0, 0.05) is 12.5 Å². The first-order valence-electron chi connectivity index (χ1n) is 6.01. The minimum Gasteiger partial charge on any atom is -0.493 e. The lowest BCUT2D eigenvalue weighted by atomic mass is 10.1. The Morgan fingerprint density at radius 2 is 2.18 bits per heavy atom. The summed E-state index contributed by atoms with van der Waals surface area (Å²) >= 11 is 0. The molecule has 0 saturated heterocycles. The lowest BCUT2D eigenvalue weighted by molar-refractivity contribution is 0.305. The zero-order valence-electron chi connectivity index (χ0n) is 10.6. The zero-order valence-corrected chi connectivity index (χ0v) is 10.6. The molecule has 92 valence electrons. The highest BCUT2D eigenvalue weighted by molar-refractivity contribution is 5.37. The Morgan fingerprint density at radius 3 is 2.76 bits per heavy atom. The van der Waals surface area contributed by atoms with Crippen molar-refractivity contribution in [3.63, 3.8) is 0 Å². The van der Waals surface area contributed by atoms with Crippen LogP contribution in [0.15, 0.2) is 18.2 Å². The van der Waals surface area contributed by atoms with Gasteiger partial charge in [-0.2, -0.15) is 5.26 Å². The number of benzene rings is 1. The van der Waals surface area contributed by atoms with Crippen LogP contribution in [0.3, 0.4) is 0 Å². The summed E-state index contributed by atoms with van der Waals surface area (Å²) in [6, 6.07) is 8.22. The third kappa shape index (κ3) is 4.46. The van der Waals surface area contributed by atoms with Gasteiger partial charge >= 0.3 is 0 Å². The molecule has 0 aromatic heterocycles. The average molecular weight is 232 g/mol. The number of hydrogen-bond acceptors (Lipinski definition) is 3. The molecule has 3 heteroatoms. The summed E-state index contributed by atoms with van der Waals surface area (Å²) in [5.41, 5.74) is 8.05. The first-order valence-corrected chi connectivity index (χ1v) is 6.01. The van der Waals surface area contributed by atoms with Crippen LogP contribution in [0.5, 0.6) is 5.75 Å². The van der Waals surface area contributed by atoms with E-state index in [0.717, 1.165) is 29.7 Å². The molecule has 0 fully saturated rings. The fourth-order valence-electron chi connectivity index (χ4n) is 1.61. The molecule has 1 rings (SSSR count). The molecule has 17 heavy (non-hydrogen) atoms. The van der Waals surface area contributed by atoms with Gasteiger partial charge in [-0.05, 0) is 43.9 Å². The van der Waals surface area contributed by atoms with Gasteiger partial charge < -0.3 is 10.5 Å². The van der Waals surface area contributed by atoms with Crippen LogP contribution in [0.25, 0.3) is 0 Å². The monoisotopic (exact) mass is 232 g/mol. The molecule has 2 N–H and O–H groups in total. The Kier molecular flexibility index (Phi) is 5.51. The summed E-state index contributed by atoms with van der Waals surface area (Å²) < 4.78 is 5.67. The number of aryl methyl sites for hydroxylation is 1. The van der Waals surface area contributed by atoms with Crippen molar-refractivity contribution in [2.75, 3.05) is 6.61 Å². The predicted octanol–water partition coefficient (Wildman–Crippen LogP) is 3.09. The van der Waals surface area contributed by atoms with Crippen molar-refractivity contribution in [2.24, 2.45) is 5.73 Å². The van der Waals surface area contributed by atoms with E-state index in [9.17, 15) is 0 Å². The van der Waals surface area contributed by atoms with Crippen molar-refractivity contribution in [2.45, 2.75) is 39.2 Å². The molecule has 0 aliphatic rings. The van der Waals surface area contributed by atoms with E-state index in [2.05, 4.69) is 12.1 Å². The van der Waals surface area contributed by atoms with Crippen LogP contribution in [-0.4, -0.2) is 6.61 Å². The van der Waals surface area contributed by atoms with E-state index in [1.807, 2.05) is 26.0 Å². The number of rotatable bonds is 6. The third-order valence-electron chi connectivity index (χ3n) is 2.67. The molecule has 1 aromatic carbocycles. The molecular formula is C14H20N2O. The smallest absolute Gasteiger partial charge is 0.122 e. The second-order valence-electron chi connectivity index (χ2n) is 4.28. The fraction of sp³-hybridized carbons (Fsp3) is 0.500. The lowest BCUT2D eigenvalue weighted by Crippen LogP contribution is -2.06. The van der Waals surface area contributed by atoms with Gasteiger partial charge in [0.05, 0.1) is 12.7 Å². The SMILES string of the molecule is Cc1cc([C@@H](C)N)ccc1OCCCCC#N. The topological polar surface area (TPSA) is 59.0 Å². The molecule has 0 radical (unpaired) electrons. The molecule has 0 unspecified atom stereocenters. The fourth-order valence-corrected chi connectivity index (χ4v) is 1.61. The highest BCUT2D eigenvalue weighted by Gasteiger charge is 2.04. The molecule has 0 heterocycles. The Balaban J connectivity index is 2.47. The number of unbranched alkanes of at least 4 members (excludes halogenated alkanes) is 2. The molecule has 0 spiro atoms. The molecule has 0 aliphatic carbocycles. The molecule has 0 amide bonds. The van der Waals surface area contributed by atoms with Crippen molar-refractivity contribution in [3.8, 4) is 11.8 Å². The summed E-state index contributed by atoms with van der Waals surface area (Å²) in [4.78, 5) is 0. The van der Waals surface area contributed by atoms with Crippen LogP contribution in [0.4, 0.5) is 0 Å². The molecular weight excluding hydrogens is 212 g/mol. The standard InChI is InChI=1S/C14H20N2O/c1-11-10-13(12(2)16)6-7-14(11)17-9-5-3-4-8-15/h6-7,10,12H,3-5,9,16H2,1-2H3/t12-/m1/s1. The number of ether oxygens (including phenoxy) is 1. The van der Waals surface area contributed by atoms with Crippen LogP contribution in [0.2, 0.25) is 0 Å². The Morgan fingerprint density at radius 1 is 1.41 bits per heavy atom. The maximum absolute atomic E-state index is 8.41. The third-order valence-corrected chi connectivity index (χ3v) is 2.67. The van der Waals surface area contributed by atoms with Crippen LogP contribution in [-0.2, 0) is 0 Å². The van der Waals surface area contributed by atoms with Gasteiger partial charge in [-0.1, -0.05) is 12.1 Å². The first kappa shape index (κ1) is 13.5. The maximum Gasteiger partial charge on any atom is 0.122 e. The average Bonchev–Trinajstić information content (AvgIpc) is 2.30. The normalized spacial score (nSPS) is 11.9. The molecule has 3 nitrogen and oxygen atoms in total. The number of nitrogens with zero attached hydrogens (tertiary/aromatic N) is 1. The molecule has 1 atom stereocenters. The molecule has 0 bridgehead atoms. The maximum atomic E-state index is 8.41. The van der Waals surface area contributed by atoms with E-state index in [1.54, 1.807) is 0 Å². The van der Waals surface area contributed by atoms with E-state index in [0.29, 0.717) is 13.0 Å². The van der Waals surface area contributed by atoms with Gasteiger partial charge in [0.1, 0.15) is 5.75 Å². The minimum absolute atomic E-state index is 0.0541. The summed E-state index contributed by atoms with van der Waals surface area (Å²) in [6.07, 6.45) is 2.42. The van der Waals surface area contributed by atoms with Crippen molar-refractivity contribution in [3.05, 3.63) is 29.3 Å². The number of hydrogen-bond donors (Lipinski definition) is 1. The Hall–Kier alpha value is -1.53. The Bertz CT molecular complexity index is 394. The van der Waals surface area contributed by atoms with Gasteiger partial charge in [-0.25, -0.2) is 0 Å². The van der Waals surface area contributed by atoms with Gasteiger partial charge in [0.2, 0.25) is 0 Å².